The highest BCUT2D eigenvalue weighted by Gasteiger charge is 2.17. The van der Waals surface area contributed by atoms with E-state index in [9.17, 15) is 4.79 Å². The van der Waals surface area contributed by atoms with Gasteiger partial charge in [-0.15, -0.1) is 6.58 Å². The summed E-state index contributed by atoms with van der Waals surface area (Å²) in [5, 5.41) is 8.94. The fraction of sp³-hybridized carbons (Fsp3) is 0.0833. The van der Waals surface area contributed by atoms with Gasteiger partial charge in [-0.25, -0.2) is 0 Å². The monoisotopic (exact) mass is 188 g/mol. The molecule has 1 aromatic rings. The minimum Gasteiger partial charge on any atom is -0.481 e. The third-order valence-corrected chi connectivity index (χ3v) is 2.05. The Kier molecular flexibility index (Phi) is 3.24. The maximum absolute atomic E-state index is 10.9. The molecule has 72 valence electrons. The number of hydrogen-bond acceptors (Lipinski definition) is 1. The molecule has 0 aliphatic rings. The van der Waals surface area contributed by atoms with E-state index in [1.165, 1.54) is 6.08 Å². The van der Waals surface area contributed by atoms with Crippen molar-refractivity contribution < 1.29 is 9.90 Å². The second-order valence-corrected chi connectivity index (χ2v) is 2.88. The zero-order valence-corrected chi connectivity index (χ0v) is 7.81. The average molecular weight is 188 g/mol. The van der Waals surface area contributed by atoms with Gasteiger partial charge in [-0.1, -0.05) is 43.0 Å². The first-order chi connectivity index (χ1) is 6.70. The number of carboxylic acids is 1. The lowest BCUT2D eigenvalue weighted by Crippen LogP contribution is -2.09. The molecule has 0 fully saturated rings. The van der Waals surface area contributed by atoms with Crippen molar-refractivity contribution in [2.75, 3.05) is 0 Å². The van der Waals surface area contributed by atoms with Gasteiger partial charge in [-0.05, 0) is 11.1 Å². The Morgan fingerprint density at radius 2 is 2.00 bits per heavy atom. The van der Waals surface area contributed by atoms with Crippen LogP contribution in [0.15, 0.2) is 43.5 Å². The quantitative estimate of drug-likeness (QED) is 0.737. The van der Waals surface area contributed by atoms with Crippen molar-refractivity contribution in [2.24, 2.45) is 0 Å². The molecule has 1 atom stereocenters. The third-order valence-electron chi connectivity index (χ3n) is 2.05. The molecule has 0 amide bonds. The van der Waals surface area contributed by atoms with E-state index in [1.807, 2.05) is 18.2 Å². The number of carboxylic acid groups (broad SMARTS) is 1. The Labute approximate surface area is 83.2 Å². The van der Waals surface area contributed by atoms with Crippen molar-refractivity contribution in [3.05, 3.63) is 54.6 Å². The maximum atomic E-state index is 10.9. The van der Waals surface area contributed by atoms with Crippen LogP contribution in [0, 0.1) is 0 Å². The first-order valence-corrected chi connectivity index (χ1v) is 4.27. The van der Waals surface area contributed by atoms with E-state index in [0.29, 0.717) is 0 Å². The van der Waals surface area contributed by atoms with Gasteiger partial charge in [-0.2, -0.15) is 0 Å². The fourth-order valence-electron chi connectivity index (χ4n) is 1.34. The van der Waals surface area contributed by atoms with E-state index in [-0.39, 0.29) is 0 Å². The van der Waals surface area contributed by atoms with Gasteiger partial charge in [0.2, 0.25) is 0 Å². The first kappa shape index (κ1) is 10.3. The van der Waals surface area contributed by atoms with Crippen LogP contribution < -0.4 is 0 Å². The Hall–Kier alpha value is -1.83. The van der Waals surface area contributed by atoms with E-state index in [2.05, 4.69) is 13.2 Å². The summed E-state index contributed by atoms with van der Waals surface area (Å²) in [4.78, 5) is 10.9. The first-order valence-electron chi connectivity index (χ1n) is 4.27. The molecule has 0 saturated carbocycles. The van der Waals surface area contributed by atoms with Crippen molar-refractivity contribution in [3.8, 4) is 0 Å². The highest BCUT2D eigenvalue weighted by molar-refractivity contribution is 5.80. The SMILES string of the molecule is C=Cc1ccccc1C(C=C)C(=O)O. The molecule has 0 heterocycles. The van der Waals surface area contributed by atoms with Crippen LogP contribution in [0.2, 0.25) is 0 Å². The summed E-state index contributed by atoms with van der Waals surface area (Å²) in [5.41, 5.74) is 1.56. The van der Waals surface area contributed by atoms with Crippen LogP contribution >= 0.6 is 0 Å². The van der Waals surface area contributed by atoms with E-state index in [0.717, 1.165) is 11.1 Å². The van der Waals surface area contributed by atoms with Crippen LogP contribution in [-0.2, 0) is 4.79 Å². The van der Waals surface area contributed by atoms with Crippen molar-refractivity contribution in [1.29, 1.82) is 0 Å². The van der Waals surface area contributed by atoms with Gasteiger partial charge in [0.15, 0.2) is 0 Å². The Balaban J connectivity index is 3.21. The zero-order valence-electron chi connectivity index (χ0n) is 7.81. The van der Waals surface area contributed by atoms with E-state index >= 15 is 0 Å². The van der Waals surface area contributed by atoms with Crippen molar-refractivity contribution in [1.82, 2.24) is 0 Å². The summed E-state index contributed by atoms with van der Waals surface area (Å²) in [6, 6.07) is 7.27. The summed E-state index contributed by atoms with van der Waals surface area (Å²) in [5.74, 6) is -1.56. The average Bonchev–Trinajstić information content (AvgIpc) is 2.19. The summed E-state index contributed by atoms with van der Waals surface area (Å²) < 4.78 is 0. The largest absolute Gasteiger partial charge is 0.481 e. The van der Waals surface area contributed by atoms with Crippen molar-refractivity contribution in [2.45, 2.75) is 5.92 Å². The molecule has 1 aromatic carbocycles. The molecule has 2 heteroatoms. The van der Waals surface area contributed by atoms with Gasteiger partial charge < -0.3 is 5.11 Å². The molecule has 2 nitrogen and oxygen atoms in total. The Morgan fingerprint density at radius 3 is 2.50 bits per heavy atom. The number of benzene rings is 1. The molecule has 0 radical (unpaired) electrons. The predicted molar refractivity (Wildman–Crippen MR) is 57.1 cm³/mol. The molecule has 0 saturated heterocycles. The van der Waals surface area contributed by atoms with Gasteiger partial charge in [0.05, 0.1) is 0 Å². The van der Waals surface area contributed by atoms with Crippen molar-refractivity contribution in [3.63, 3.8) is 0 Å². The van der Waals surface area contributed by atoms with Crippen LogP contribution in [0.3, 0.4) is 0 Å². The van der Waals surface area contributed by atoms with Crippen molar-refractivity contribution >= 4 is 12.0 Å². The van der Waals surface area contributed by atoms with Gasteiger partial charge >= 0.3 is 5.97 Å². The maximum Gasteiger partial charge on any atom is 0.314 e. The minimum atomic E-state index is -0.894. The fourth-order valence-corrected chi connectivity index (χ4v) is 1.34. The molecule has 0 bridgehead atoms. The molecule has 1 N–H and O–H groups in total. The topological polar surface area (TPSA) is 37.3 Å². The smallest absolute Gasteiger partial charge is 0.314 e. The van der Waals surface area contributed by atoms with Crippen LogP contribution in [0.4, 0.5) is 0 Å². The van der Waals surface area contributed by atoms with Crippen LogP contribution in [-0.4, -0.2) is 11.1 Å². The lowest BCUT2D eigenvalue weighted by atomic mass is 9.94. The highest BCUT2D eigenvalue weighted by atomic mass is 16.4. The Bertz CT molecular complexity index is 366. The predicted octanol–water partition coefficient (Wildman–Crippen LogP) is 2.68. The second kappa shape index (κ2) is 4.42. The summed E-state index contributed by atoms with van der Waals surface area (Å²) >= 11 is 0. The van der Waals surface area contributed by atoms with Gasteiger partial charge in [0.1, 0.15) is 5.92 Å². The molecule has 0 spiro atoms. The van der Waals surface area contributed by atoms with E-state index < -0.39 is 11.9 Å². The molecule has 0 aliphatic heterocycles. The molecular formula is C12H12O2. The van der Waals surface area contributed by atoms with Gasteiger partial charge in [-0.3, -0.25) is 4.79 Å². The highest BCUT2D eigenvalue weighted by Crippen LogP contribution is 2.22. The number of rotatable bonds is 4. The summed E-state index contributed by atoms with van der Waals surface area (Å²) in [6.45, 7) is 7.16. The summed E-state index contributed by atoms with van der Waals surface area (Å²) in [6.07, 6.45) is 3.07. The van der Waals surface area contributed by atoms with Gasteiger partial charge in [0, 0.05) is 0 Å². The van der Waals surface area contributed by atoms with Crippen LogP contribution in [0.5, 0.6) is 0 Å². The molecule has 14 heavy (non-hydrogen) atoms. The molecule has 1 unspecified atom stereocenters. The number of aliphatic carboxylic acids is 1. The molecule has 1 rings (SSSR count). The minimum absolute atomic E-state index is 0.663. The van der Waals surface area contributed by atoms with Gasteiger partial charge in [0.25, 0.3) is 0 Å². The lowest BCUT2D eigenvalue weighted by molar-refractivity contribution is -0.137. The number of hydrogen-bond donors (Lipinski definition) is 1. The standard InChI is InChI=1S/C12H12O2/c1-3-9-7-5-6-8-11(9)10(4-2)12(13)14/h3-8,10H,1-2H2,(H,13,14). The second-order valence-electron chi connectivity index (χ2n) is 2.88. The summed E-state index contributed by atoms with van der Waals surface area (Å²) in [7, 11) is 0. The third kappa shape index (κ3) is 1.91. The Morgan fingerprint density at radius 1 is 1.36 bits per heavy atom. The normalized spacial score (nSPS) is 11.7. The van der Waals surface area contributed by atoms with Crippen LogP contribution in [0.25, 0.3) is 6.08 Å². The van der Waals surface area contributed by atoms with E-state index in [4.69, 9.17) is 5.11 Å². The number of carbonyl (C=O) groups is 1. The van der Waals surface area contributed by atoms with E-state index in [1.54, 1.807) is 12.1 Å². The van der Waals surface area contributed by atoms with Crippen LogP contribution in [0.1, 0.15) is 17.0 Å². The molecule has 0 aliphatic carbocycles. The molecule has 0 aromatic heterocycles. The lowest BCUT2D eigenvalue weighted by Gasteiger charge is -2.10. The zero-order chi connectivity index (χ0) is 10.6. The molecular weight excluding hydrogens is 176 g/mol.